The third-order valence-electron chi connectivity index (χ3n) is 3.73. The van der Waals surface area contributed by atoms with Crippen molar-refractivity contribution in [3.63, 3.8) is 0 Å². The van der Waals surface area contributed by atoms with Gasteiger partial charge in [0.15, 0.2) is 0 Å². The molecule has 0 aliphatic heterocycles. The maximum absolute atomic E-state index is 12.6. The predicted octanol–water partition coefficient (Wildman–Crippen LogP) is 5.08. The highest BCUT2D eigenvalue weighted by Gasteiger charge is 2.18. The molecule has 0 aliphatic rings. The second-order valence-corrected chi connectivity index (χ2v) is 8.26. The number of aryl methyl sites for hydroxylation is 1. The van der Waals surface area contributed by atoms with Crippen LogP contribution in [-0.4, -0.2) is 13.4 Å². The van der Waals surface area contributed by atoms with Gasteiger partial charge in [-0.15, -0.1) is 0 Å². The average Bonchev–Trinajstić information content (AvgIpc) is 2.63. The molecule has 0 radical (unpaired) electrons. The summed E-state index contributed by atoms with van der Waals surface area (Å²) < 4.78 is 33.4. The van der Waals surface area contributed by atoms with Gasteiger partial charge in [0.2, 0.25) is 0 Å². The van der Waals surface area contributed by atoms with Gasteiger partial charge in [-0.3, -0.25) is 9.71 Å². The molecule has 0 amide bonds. The van der Waals surface area contributed by atoms with Gasteiger partial charge in [-0.1, -0.05) is 35.3 Å². The smallest absolute Gasteiger partial charge is 0.262 e. The van der Waals surface area contributed by atoms with Gasteiger partial charge in [-0.2, -0.15) is 0 Å². The summed E-state index contributed by atoms with van der Waals surface area (Å²) in [6, 6.07) is 14.9. The second kappa shape index (κ2) is 8.17. The van der Waals surface area contributed by atoms with E-state index in [-0.39, 0.29) is 16.5 Å². The number of benzene rings is 2. The Hall–Kier alpha value is -2.28. The lowest BCUT2D eigenvalue weighted by Gasteiger charge is -2.13. The zero-order valence-corrected chi connectivity index (χ0v) is 16.6. The van der Waals surface area contributed by atoms with Gasteiger partial charge >= 0.3 is 0 Å². The first kappa shape index (κ1) is 19.5. The number of anilines is 1. The molecule has 0 unspecified atom stereocenters. The molecule has 140 valence electrons. The maximum atomic E-state index is 12.6. The first-order valence-electron chi connectivity index (χ1n) is 7.96. The molecule has 0 spiro atoms. The van der Waals surface area contributed by atoms with Crippen LogP contribution in [0.1, 0.15) is 11.3 Å². The zero-order valence-electron chi connectivity index (χ0n) is 14.3. The number of hydrogen-bond acceptors (Lipinski definition) is 4. The minimum Gasteiger partial charge on any atom is -0.486 e. The summed E-state index contributed by atoms with van der Waals surface area (Å²) in [6.07, 6.45) is 1.68. The van der Waals surface area contributed by atoms with Crippen molar-refractivity contribution < 1.29 is 13.2 Å². The molecule has 27 heavy (non-hydrogen) atoms. The minimum absolute atomic E-state index is 0.113. The van der Waals surface area contributed by atoms with Crippen LogP contribution in [0.2, 0.25) is 10.0 Å². The van der Waals surface area contributed by atoms with Gasteiger partial charge in [0.1, 0.15) is 12.4 Å². The van der Waals surface area contributed by atoms with Crippen LogP contribution >= 0.6 is 23.2 Å². The van der Waals surface area contributed by atoms with Crippen molar-refractivity contribution in [2.24, 2.45) is 0 Å². The van der Waals surface area contributed by atoms with E-state index in [1.807, 2.05) is 18.2 Å². The predicted molar refractivity (Wildman–Crippen MR) is 107 cm³/mol. The number of nitrogens with one attached hydrogen (secondary N) is 1. The molecule has 0 aliphatic carbocycles. The summed E-state index contributed by atoms with van der Waals surface area (Å²) in [5, 5.41) is 0.631. The van der Waals surface area contributed by atoms with Crippen LogP contribution in [0.4, 0.5) is 5.69 Å². The van der Waals surface area contributed by atoms with Crippen LogP contribution in [0.15, 0.2) is 65.7 Å². The SMILES string of the molecule is Cc1ccc(Cl)cc1S(=O)(=O)Nc1ccc(OCc2ccccn2)c(Cl)c1. The van der Waals surface area contributed by atoms with Gasteiger partial charge in [0, 0.05) is 11.2 Å². The van der Waals surface area contributed by atoms with Crippen LogP contribution in [-0.2, 0) is 16.6 Å². The fraction of sp³-hybridized carbons (Fsp3) is 0.105. The summed E-state index contributed by atoms with van der Waals surface area (Å²) in [7, 11) is -3.80. The molecule has 1 aromatic heterocycles. The van der Waals surface area contributed by atoms with Crippen molar-refractivity contribution in [1.29, 1.82) is 0 Å². The standard InChI is InChI=1S/C19H16Cl2N2O3S/c1-13-5-6-14(20)10-19(13)27(24,25)23-15-7-8-18(17(21)11-15)26-12-16-4-2-3-9-22-16/h2-11,23H,12H2,1H3. The molecular weight excluding hydrogens is 407 g/mol. The van der Waals surface area contributed by atoms with Gasteiger partial charge in [0.25, 0.3) is 10.0 Å². The maximum Gasteiger partial charge on any atom is 0.262 e. The average molecular weight is 423 g/mol. The minimum atomic E-state index is -3.80. The zero-order chi connectivity index (χ0) is 19.4. The van der Waals surface area contributed by atoms with Crippen LogP contribution in [0.25, 0.3) is 0 Å². The Balaban J connectivity index is 1.76. The molecule has 0 saturated carbocycles. The Kier molecular flexibility index (Phi) is 5.89. The van der Waals surface area contributed by atoms with Crippen molar-refractivity contribution in [3.05, 3.63) is 82.1 Å². The Morgan fingerprint density at radius 1 is 1.07 bits per heavy atom. The van der Waals surface area contributed by atoms with E-state index < -0.39 is 10.0 Å². The molecule has 3 rings (SSSR count). The highest BCUT2D eigenvalue weighted by molar-refractivity contribution is 7.92. The number of pyridine rings is 1. The monoisotopic (exact) mass is 422 g/mol. The fourth-order valence-electron chi connectivity index (χ4n) is 2.39. The number of sulfonamides is 1. The Labute approximate surface area is 168 Å². The van der Waals surface area contributed by atoms with Crippen LogP contribution in [0.5, 0.6) is 5.75 Å². The van der Waals surface area contributed by atoms with E-state index in [2.05, 4.69) is 9.71 Å². The van der Waals surface area contributed by atoms with E-state index in [9.17, 15) is 8.42 Å². The van der Waals surface area contributed by atoms with Crippen LogP contribution in [0, 0.1) is 6.92 Å². The van der Waals surface area contributed by atoms with E-state index in [4.69, 9.17) is 27.9 Å². The van der Waals surface area contributed by atoms with E-state index in [1.165, 1.54) is 12.1 Å². The second-order valence-electron chi connectivity index (χ2n) is 5.77. The summed E-state index contributed by atoms with van der Waals surface area (Å²) in [5.74, 6) is 0.434. The molecular formula is C19H16Cl2N2O3S. The van der Waals surface area contributed by atoms with Gasteiger partial charge in [-0.05, 0) is 55.0 Å². The quantitative estimate of drug-likeness (QED) is 0.601. The van der Waals surface area contributed by atoms with Crippen molar-refractivity contribution in [3.8, 4) is 5.75 Å². The topological polar surface area (TPSA) is 68.3 Å². The summed E-state index contributed by atoms with van der Waals surface area (Å²) >= 11 is 12.1. The number of hydrogen-bond donors (Lipinski definition) is 1. The fourth-order valence-corrected chi connectivity index (χ4v) is 4.18. The first-order valence-corrected chi connectivity index (χ1v) is 10.2. The normalized spacial score (nSPS) is 11.2. The lowest BCUT2D eigenvalue weighted by molar-refractivity contribution is 0.301. The number of nitrogens with zero attached hydrogens (tertiary/aromatic N) is 1. The molecule has 0 fully saturated rings. The number of aromatic nitrogens is 1. The third-order valence-corrected chi connectivity index (χ3v) is 5.78. The lowest BCUT2D eigenvalue weighted by atomic mass is 10.2. The molecule has 0 saturated heterocycles. The van der Waals surface area contributed by atoms with Gasteiger partial charge in [-0.25, -0.2) is 8.42 Å². The van der Waals surface area contributed by atoms with Crippen molar-refractivity contribution >= 4 is 38.9 Å². The first-order chi connectivity index (χ1) is 12.8. The van der Waals surface area contributed by atoms with Crippen LogP contribution in [0.3, 0.4) is 0 Å². The molecule has 1 heterocycles. The van der Waals surface area contributed by atoms with Crippen molar-refractivity contribution in [2.75, 3.05) is 4.72 Å². The number of halogens is 2. The van der Waals surface area contributed by atoms with Gasteiger partial charge < -0.3 is 4.74 Å². The number of ether oxygens (including phenoxy) is 1. The number of rotatable bonds is 6. The highest BCUT2D eigenvalue weighted by Crippen LogP contribution is 2.30. The Bertz CT molecular complexity index is 1060. The largest absolute Gasteiger partial charge is 0.486 e. The molecule has 5 nitrogen and oxygen atoms in total. The van der Waals surface area contributed by atoms with E-state index in [0.717, 1.165) is 5.69 Å². The van der Waals surface area contributed by atoms with Gasteiger partial charge in [0.05, 0.1) is 21.3 Å². The van der Waals surface area contributed by atoms with E-state index in [1.54, 1.807) is 37.4 Å². The van der Waals surface area contributed by atoms with Crippen molar-refractivity contribution in [2.45, 2.75) is 18.4 Å². The molecule has 3 aromatic rings. The third kappa shape index (κ3) is 4.91. The molecule has 1 N–H and O–H groups in total. The Morgan fingerprint density at radius 2 is 1.89 bits per heavy atom. The Morgan fingerprint density at radius 3 is 2.59 bits per heavy atom. The lowest BCUT2D eigenvalue weighted by Crippen LogP contribution is -2.14. The molecule has 8 heteroatoms. The highest BCUT2D eigenvalue weighted by atomic mass is 35.5. The van der Waals surface area contributed by atoms with Crippen LogP contribution < -0.4 is 9.46 Å². The molecule has 0 bridgehead atoms. The summed E-state index contributed by atoms with van der Waals surface area (Å²) in [4.78, 5) is 4.28. The van der Waals surface area contributed by atoms with E-state index >= 15 is 0 Å². The summed E-state index contributed by atoms with van der Waals surface area (Å²) in [6.45, 7) is 1.96. The summed E-state index contributed by atoms with van der Waals surface area (Å²) in [5.41, 5.74) is 1.67. The van der Waals surface area contributed by atoms with E-state index in [0.29, 0.717) is 22.0 Å². The van der Waals surface area contributed by atoms with Crippen molar-refractivity contribution in [1.82, 2.24) is 4.98 Å². The molecule has 2 aromatic carbocycles. The molecule has 0 atom stereocenters.